The first-order valence-corrected chi connectivity index (χ1v) is 15.6. The third-order valence-corrected chi connectivity index (χ3v) is 9.84. The molecule has 5 atom stereocenters. The van der Waals surface area contributed by atoms with Crippen LogP contribution in [-0.4, -0.2) is 36.8 Å². The van der Waals surface area contributed by atoms with Gasteiger partial charge >= 0.3 is 0 Å². The number of Topliss-reactive ketones (excluding diaryl/α,β-unsaturated/α-hetero) is 1. The normalized spacial score (nSPS) is 27.2. The van der Waals surface area contributed by atoms with E-state index < -0.39 is 17.4 Å². The van der Waals surface area contributed by atoms with Crippen LogP contribution >= 0.6 is 0 Å². The number of carbonyl (C=O) groups is 1. The van der Waals surface area contributed by atoms with Gasteiger partial charge in [0.05, 0.1) is 25.9 Å². The van der Waals surface area contributed by atoms with Crippen LogP contribution < -0.4 is 0 Å². The Balaban J connectivity index is 1.27. The summed E-state index contributed by atoms with van der Waals surface area (Å²) in [6, 6.07) is 30.6. The summed E-state index contributed by atoms with van der Waals surface area (Å²) < 4.78 is 18.4. The molecule has 3 aromatic rings. The summed E-state index contributed by atoms with van der Waals surface area (Å²) >= 11 is 0. The second-order valence-corrected chi connectivity index (χ2v) is 12.5. The molecule has 2 bridgehead atoms. The second kappa shape index (κ2) is 14.6. The summed E-state index contributed by atoms with van der Waals surface area (Å²) in [7, 11) is 0. The molecule has 5 rings (SSSR count). The van der Waals surface area contributed by atoms with E-state index in [0.29, 0.717) is 52.5 Å². The average Bonchev–Trinajstić information content (AvgIpc) is 3.02. The maximum Gasteiger partial charge on any atom is 0.145 e. The second-order valence-electron chi connectivity index (χ2n) is 12.5. The first-order valence-electron chi connectivity index (χ1n) is 15.6. The lowest BCUT2D eigenvalue weighted by Gasteiger charge is -2.58. The molecule has 0 heterocycles. The van der Waals surface area contributed by atoms with Crippen molar-refractivity contribution in [2.24, 2.45) is 22.7 Å². The van der Waals surface area contributed by atoms with Crippen molar-refractivity contribution in [1.82, 2.24) is 0 Å². The zero-order chi connectivity index (χ0) is 29.3. The molecule has 224 valence electrons. The van der Waals surface area contributed by atoms with E-state index in [0.717, 1.165) is 42.4 Å². The van der Waals surface area contributed by atoms with E-state index in [1.54, 1.807) is 0 Å². The van der Waals surface area contributed by atoms with Gasteiger partial charge in [0.1, 0.15) is 5.78 Å². The van der Waals surface area contributed by atoms with Gasteiger partial charge in [-0.25, -0.2) is 0 Å². The quantitative estimate of drug-likeness (QED) is 0.197. The molecule has 2 saturated carbocycles. The molecule has 0 spiro atoms. The molecule has 2 fully saturated rings. The van der Waals surface area contributed by atoms with Crippen LogP contribution in [0.3, 0.4) is 0 Å². The van der Waals surface area contributed by atoms with E-state index in [4.69, 9.17) is 14.2 Å². The number of hydrogen-bond donors (Lipinski definition) is 1. The van der Waals surface area contributed by atoms with Gasteiger partial charge in [0.15, 0.2) is 0 Å². The minimum absolute atomic E-state index is 0.233. The molecule has 5 nitrogen and oxygen atoms in total. The molecular weight excluding hydrogens is 524 g/mol. The summed E-state index contributed by atoms with van der Waals surface area (Å²) in [5.74, 6) is 0.0746. The van der Waals surface area contributed by atoms with E-state index in [1.807, 2.05) is 54.6 Å². The smallest absolute Gasteiger partial charge is 0.145 e. The number of aliphatic hydroxyl groups is 1. The largest absolute Gasteiger partial charge is 0.392 e. The summed E-state index contributed by atoms with van der Waals surface area (Å²) in [6.45, 7) is 5.60. The molecule has 2 aliphatic rings. The molecule has 1 N–H and O–H groups in total. The van der Waals surface area contributed by atoms with Crippen LogP contribution in [0.5, 0.6) is 0 Å². The zero-order valence-electron chi connectivity index (χ0n) is 25.0. The Morgan fingerprint density at radius 2 is 1.19 bits per heavy atom. The van der Waals surface area contributed by atoms with Crippen molar-refractivity contribution < 1.29 is 24.1 Å². The van der Waals surface area contributed by atoms with Crippen LogP contribution in [0.15, 0.2) is 91.0 Å². The molecule has 42 heavy (non-hydrogen) atoms. The number of ketones is 1. The van der Waals surface area contributed by atoms with Crippen molar-refractivity contribution in [2.75, 3.05) is 19.8 Å². The van der Waals surface area contributed by atoms with Crippen molar-refractivity contribution in [3.05, 3.63) is 108 Å². The van der Waals surface area contributed by atoms with Crippen molar-refractivity contribution in [3.8, 4) is 0 Å². The van der Waals surface area contributed by atoms with Gasteiger partial charge in [0.25, 0.3) is 0 Å². The zero-order valence-corrected chi connectivity index (χ0v) is 25.0. The maximum absolute atomic E-state index is 14.2. The minimum atomic E-state index is -0.622. The highest BCUT2D eigenvalue weighted by Crippen LogP contribution is 2.60. The first-order chi connectivity index (χ1) is 20.5. The molecule has 5 heteroatoms. The fourth-order valence-electron chi connectivity index (χ4n) is 7.34. The lowest BCUT2D eigenvalue weighted by molar-refractivity contribution is -0.175. The fourth-order valence-corrected chi connectivity index (χ4v) is 7.34. The number of benzene rings is 3. The summed E-state index contributed by atoms with van der Waals surface area (Å²) in [4.78, 5) is 14.2. The number of rotatable bonds is 15. The Kier molecular flexibility index (Phi) is 10.6. The standard InChI is InChI=1S/C37H46O5/c1-36(20-23-41-27-30-13-7-3-8-14-30)32(18-22-40-26-29-11-5-2-6-12-29)25-37(19-17-33(38)34(36)35(37)39)21-24-42-28-31-15-9-4-10-16-31/h2-16,32-34,38H,17-28H2,1H3/t32-,33-,34-,36+,37+/m0/s1. The molecule has 2 aliphatic carbocycles. The van der Waals surface area contributed by atoms with Crippen LogP contribution in [-0.2, 0) is 38.8 Å². The van der Waals surface area contributed by atoms with Crippen LogP contribution in [0.2, 0.25) is 0 Å². The Hall–Kier alpha value is -2.83. The SMILES string of the molecule is C[C@@]1(CCOCc2ccccc2)[C@@H](CCOCc2ccccc2)C[C@]2(CCOCc3ccccc3)CC[C@H](O)[C@H]1C2=O. The molecule has 0 unspecified atom stereocenters. The molecular formula is C37H46O5. The fraction of sp³-hybridized carbons (Fsp3) is 0.486. The Labute approximate surface area is 251 Å². The molecule has 0 aliphatic heterocycles. The monoisotopic (exact) mass is 570 g/mol. The molecule has 0 aromatic heterocycles. The summed E-state index contributed by atoms with van der Waals surface area (Å²) in [6.07, 6.45) is 3.86. The van der Waals surface area contributed by atoms with Gasteiger partial charge in [-0.2, -0.15) is 0 Å². The lowest BCUT2D eigenvalue weighted by Crippen LogP contribution is -2.61. The average molecular weight is 571 g/mol. The molecule has 0 saturated heterocycles. The first kappa shape index (κ1) is 30.6. The predicted octanol–water partition coefficient (Wildman–Crippen LogP) is 7.16. The third kappa shape index (κ3) is 7.38. The van der Waals surface area contributed by atoms with Crippen molar-refractivity contribution in [2.45, 2.75) is 71.4 Å². The van der Waals surface area contributed by atoms with Crippen LogP contribution in [0.1, 0.15) is 62.1 Å². The number of fused-ring (bicyclic) bond motifs is 2. The Bertz CT molecular complexity index is 1230. The molecule has 3 aromatic carbocycles. The van der Waals surface area contributed by atoms with Crippen LogP contribution in [0.25, 0.3) is 0 Å². The summed E-state index contributed by atoms with van der Waals surface area (Å²) in [5.41, 5.74) is 2.62. The van der Waals surface area contributed by atoms with Crippen LogP contribution in [0.4, 0.5) is 0 Å². The van der Waals surface area contributed by atoms with E-state index in [2.05, 4.69) is 43.3 Å². The van der Waals surface area contributed by atoms with Gasteiger partial charge < -0.3 is 19.3 Å². The van der Waals surface area contributed by atoms with Crippen molar-refractivity contribution in [3.63, 3.8) is 0 Å². The van der Waals surface area contributed by atoms with Gasteiger partial charge in [-0.1, -0.05) is 97.9 Å². The van der Waals surface area contributed by atoms with Gasteiger partial charge in [0.2, 0.25) is 0 Å². The number of hydrogen-bond acceptors (Lipinski definition) is 5. The van der Waals surface area contributed by atoms with Gasteiger partial charge in [-0.3, -0.25) is 4.79 Å². The highest BCUT2D eigenvalue weighted by molar-refractivity contribution is 5.90. The lowest BCUT2D eigenvalue weighted by atomic mass is 9.46. The van der Waals surface area contributed by atoms with E-state index >= 15 is 0 Å². The maximum atomic E-state index is 14.2. The molecule has 0 radical (unpaired) electrons. The highest BCUT2D eigenvalue weighted by Gasteiger charge is 2.61. The van der Waals surface area contributed by atoms with E-state index in [1.165, 1.54) is 0 Å². The number of carbonyl (C=O) groups excluding carboxylic acids is 1. The van der Waals surface area contributed by atoms with Crippen molar-refractivity contribution in [1.29, 1.82) is 0 Å². The van der Waals surface area contributed by atoms with Gasteiger partial charge in [-0.05, 0) is 66.5 Å². The van der Waals surface area contributed by atoms with Gasteiger partial charge in [0, 0.05) is 31.2 Å². The Morgan fingerprint density at radius 3 is 1.71 bits per heavy atom. The Morgan fingerprint density at radius 1 is 0.714 bits per heavy atom. The number of ether oxygens (including phenoxy) is 3. The van der Waals surface area contributed by atoms with Crippen LogP contribution in [0, 0.1) is 22.7 Å². The van der Waals surface area contributed by atoms with E-state index in [-0.39, 0.29) is 17.1 Å². The van der Waals surface area contributed by atoms with Gasteiger partial charge in [-0.15, -0.1) is 0 Å². The topological polar surface area (TPSA) is 65.0 Å². The van der Waals surface area contributed by atoms with Crippen molar-refractivity contribution >= 4 is 5.78 Å². The highest BCUT2D eigenvalue weighted by atomic mass is 16.5. The third-order valence-electron chi connectivity index (χ3n) is 9.84. The predicted molar refractivity (Wildman–Crippen MR) is 165 cm³/mol. The summed E-state index contributed by atoms with van der Waals surface area (Å²) in [5, 5.41) is 11.3. The molecule has 0 amide bonds. The van der Waals surface area contributed by atoms with E-state index in [9.17, 15) is 9.90 Å². The minimum Gasteiger partial charge on any atom is -0.392 e. The number of aliphatic hydroxyl groups excluding tert-OH is 1.